The maximum absolute atomic E-state index is 12.3. The summed E-state index contributed by atoms with van der Waals surface area (Å²) in [6, 6.07) is 9.93. The van der Waals surface area contributed by atoms with E-state index in [4.69, 9.17) is 0 Å². The fraction of sp³-hybridized carbons (Fsp3) is 0.250. The zero-order valence-corrected chi connectivity index (χ0v) is 13.8. The van der Waals surface area contributed by atoms with Crippen molar-refractivity contribution in [3.63, 3.8) is 0 Å². The van der Waals surface area contributed by atoms with Crippen LogP contribution in [0.5, 0.6) is 0 Å². The van der Waals surface area contributed by atoms with Gasteiger partial charge in [0.1, 0.15) is 0 Å². The third kappa shape index (κ3) is 2.99. The lowest BCUT2D eigenvalue weighted by atomic mass is 9.93. The first-order valence-electron chi connectivity index (χ1n) is 6.69. The van der Waals surface area contributed by atoms with Gasteiger partial charge in [-0.3, -0.25) is 10.1 Å². The molecule has 0 radical (unpaired) electrons. The van der Waals surface area contributed by atoms with Crippen LogP contribution in [0.3, 0.4) is 0 Å². The largest absolute Gasteiger partial charge is 0.297 e. The molecule has 0 fully saturated rings. The highest BCUT2D eigenvalue weighted by atomic mass is 32.1. The number of benzene rings is 1. The lowest BCUT2D eigenvalue weighted by molar-refractivity contribution is 0.103. The van der Waals surface area contributed by atoms with Crippen LogP contribution in [0, 0.1) is 0 Å². The van der Waals surface area contributed by atoms with Crippen LogP contribution in [0.1, 0.15) is 36.1 Å². The topological polar surface area (TPSA) is 42.0 Å². The van der Waals surface area contributed by atoms with Crippen LogP contribution in [0.15, 0.2) is 35.7 Å². The van der Waals surface area contributed by atoms with Gasteiger partial charge >= 0.3 is 0 Å². The third-order valence-corrected chi connectivity index (χ3v) is 5.01. The number of hydrogen-bond donors (Lipinski definition) is 1. The number of thiazole rings is 1. The molecule has 3 nitrogen and oxygen atoms in total. The molecule has 2 heterocycles. The number of hydrogen-bond acceptors (Lipinski definition) is 4. The second kappa shape index (κ2) is 5.24. The Kier molecular flexibility index (Phi) is 3.55. The molecule has 2 aromatic heterocycles. The molecule has 0 aliphatic carbocycles. The van der Waals surface area contributed by atoms with Gasteiger partial charge in [0.25, 0.3) is 5.91 Å². The van der Waals surface area contributed by atoms with Crippen molar-refractivity contribution < 1.29 is 4.79 Å². The molecule has 0 unspecified atom stereocenters. The van der Waals surface area contributed by atoms with E-state index in [1.165, 1.54) is 22.7 Å². The van der Waals surface area contributed by atoms with Gasteiger partial charge in [-0.25, -0.2) is 4.98 Å². The molecule has 5 heteroatoms. The van der Waals surface area contributed by atoms with Crippen molar-refractivity contribution in [3.05, 3.63) is 46.3 Å². The van der Waals surface area contributed by atoms with E-state index in [0.717, 1.165) is 15.8 Å². The van der Waals surface area contributed by atoms with Crippen LogP contribution in [0.4, 0.5) is 5.13 Å². The number of aromatic nitrogens is 1. The molecule has 21 heavy (non-hydrogen) atoms. The van der Waals surface area contributed by atoms with Gasteiger partial charge in [0.2, 0.25) is 0 Å². The molecule has 1 aromatic carbocycles. The summed E-state index contributed by atoms with van der Waals surface area (Å²) in [7, 11) is 0. The number of nitrogens with zero attached hydrogens (tertiary/aromatic N) is 1. The second-order valence-corrected chi connectivity index (χ2v) is 7.83. The van der Waals surface area contributed by atoms with E-state index >= 15 is 0 Å². The maximum Gasteiger partial charge on any atom is 0.267 e. The minimum Gasteiger partial charge on any atom is -0.297 e. The summed E-state index contributed by atoms with van der Waals surface area (Å²) in [4.78, 5) is 17.5. The molecular weight excluding hydrogens is 300 g/mol. The van der Waals surface area contributed by atoms with E-state index in [-0.39, 0.29) is 11.3 Å². The highest BCUT2D eigenvalue weighted by Crippen LogP contribution is 2.28. The predicted molar refractivity (Wildman–Crippen MR) is 90.6 cm³/mol. The van der Waals surface area contributed by atoms with Crippen molar-refractivity contribution in [2.24, 2.45) is 0 Å². The Bertz CT molecular complexity index is 763. The number of rotatable bonds is 2. The van der Waals surface area contributed by atoms with Crippen LogP contribution in [-0.4, -0.2) is 10.9 Å². The van der Waals surface area contributed by atoms with Crippen molar-refractivity contribution >= 4 is 43.8 Å². The fourth-order valence-corrected chi connectivity index (χ4v) is 3.82. The second-order valence-electron chi connectivity index (χ2n) is 5.89. The molecule has 3 rings (SSSR count). The lowest BCUT2D eigenvalue weighted by Crippen LogP contribution is -2.13. The highest BCUT2D eigenvalue weighted by molar-refractivity contribution is 7.21. The Hall–Kier alpha value is -1.72. The SMILES string of the molecule is CC(C)(C)c1csc(NC(=O)c2cc3ccccc3s2)n1. The van der Waals surface area contributed by atoms with Crippen LogP contribution in [0.25, 0.3) is 10.1 Å². The van der Waals surface area contributed by atoms with Gasteiger partial charge in [-0.15, -0.1) is 22.7 Å². The van der Waals surface area contributed by atoms with Gasteiger partial charge in [-0.1, -0.05) is 39.0 Å². The molecule has 0 aliphatic heterocycles. The molecule has 0 bridgehead atoms. The molecule has 0 aliphatic rings. The number of amides is 1. The summed E-state index contributed by atoms with van der Waals surface area (Å²) in [5.41, 5.74) is 0.996. The monoisotopic (exact) mass is 316 g/mol. The summed E-state index contributed by atoms with van der Waals surface area (Å²) < 4.78 is 1.12. The van der Waals surface area contributed by atoms with Gasteiger partial charge in [-0.05, 0) is 17.5 Å². The minimum atomic E-state index is -0.0917. The number of thiophene rings is 1. The minimum absolute atomic E-state index is 0.00289. The number of fused-ring (bicyclic) bond motifs is 1. The third-order valence-electron chi connectivity index (χ3n) is 3.14. The first-order valence-corrected chi connectivity index (χ1v) is 8.39. The maximum atomic E-state index is 12.3. The summed E-state index contributed by atoms with van der Waals surface area (Å²) >= 11 is 2.97. The van der Waals surface area contributed by atoms with Crippen molar-refractivity contribution in [1.29, 1.82) is 0 Å². The smallest absolute Gasteiger partial charge is 0.267 e. The van der Waals surface area contributed by atoms with E-state index < -0.39 is 0 Å². The van der Waals surface area contributed by atoms with Crippen molar-refractivity contribution in [2.75, 3.05) is 5.32 Å². The van der Waals surface area contributed by atoms with E-state index in [1.807, 2.05) is 35.7 Å². The Labute approximate surface area is 131 Å². The van der Waals surface area contributed by atoms with Crippen molar-refractivity contribution in [2.45, 2.75) is 26.2 Å². The van der Waals surface area contributed by atoms with Gasteiger partial charge < -0.3 is 0 Å². The highest BCUT2D eigenvalue weighted by Gasteiger charge is 2.19. The fourth-order valence-electron chi connectivity index (χ4n) is 1.93. The lowest BCUT2D eigenvalue weighted by Gasteiger charge is -2.14. The van der Waals surface area contributed by atoms with Crippen molar-refractivity contribution in [1.82, 2.24) is 4.98 Å². The van der Waals surface area contributed by atoms with E-state index in [2.05, 4.69) is 31.1 Å². The average Bonchev–Trinajstić information content (AvgIpc) is 3.03. The average molecular weight is 316 g/mol. The van der Waals surface area contributed by atoms with Gasteiger partial charge in [0, 0.05) is 15.5 Å². The standard InChI is InChI=1S/C16H16N2OS2/c1-16(2,3)13-9-20-15(17-13)18-14(19)12-8-10-6-4-5-7-11(10)21-12/h4-9H,1-3H3,(H,17,18,19). The quantitative estimate of drug-likeness (QED) is 0.730. The van der Waals surface area contributed by atoms with E-state index in [0.29, 0.717) is 10.0 Å². The summed E-state index contributed by atoms with van der Waals surface area (Å²) in [5, 5.41) is 6.65. The van der Waals surface area contributed by atoms with Crippen LogP contribution in [0.2, 0.25) is 0 Å². The Morgan fingerprint density at radius 1 is 1.24 bits per heavy atom. The number of anilines is 1. The van der Waals surface area contributed by atoms with E-state index in [1.54, 1.807) is 0 Å². The van der Waals surface area contributed by atoms with Crippen LogP contribution < -0.4 is 5.32 Å². The zero-order chi connectivity index (χ0) is 15.0. The molecular formula is C16H16N2OS2. The first-order chi connectivity index (χ1) is 9.93. The summed E-state index contributed by atoms with van der Waals surface area (Å²) in [6.45, 7) is 6.33. The van der Waals surface area contributed by atoms with Crippen LogP contribution >= 0.6 is 22.7 Å². The molecule has 0 spiro atoms. The Morgan fingerprint density at radius 2 is 2.00 bits per heavy atom. The first kappa shape index (κ1) is 14.2. The molecule has 0 saturated heterocycles. The van der Waals surface area contributed by atoms with Crippen LogP contribution in [-0.2, 0) is 5.41 Å². The number of carbonyl (C=O) groups is 1. The van der Waals surface area contributed by atoms with Gasteiger partial charge in [0.05, 0.1) is 10.6 Å². The molecule has 3 aromatic rings. The summed E-state index contributed by atoms with van der Waals surface area (Å²) in [5.74, 6) is -0.0917. The number of carbonyl (C=O) groups excluding carboxylic acids is 1. The van der Waals surface area contributed by atoms with Gasteiger partial charge in [0.15, 0.2) is 5.13 Å². The summed E-state index contributed by atoms with van der Waals surface area (Å²) in [6.07, 6.45) is 0. The predicted octanol–water partition coefficient (Wildman–Crippen LogP) is 4.91. The Morgan fingerprint density at radius 3 is 2.67 bits per heavy atom. The zero-order valence-electron chi connectivity index (χ0n) is 12.1. The van der Waals surface area contributed by atoms with Gasteiger partial charge in [-0.2, -0.15) is 0 Å². The Balaban J connectivity index is 1.81. The normalized spacial score (nSPS) is 11.8. The molecule has 108 valence electrons. The molecule has 1 N–H and O–H groups in total. The molecule has 0 saturated carbocycles. The molecule has 0 atom stereocenters. The van der Waals surface area contributed by atoms with Crippen molar-refractivity contribution in [3.8, 4) is 0 Å². The molecule has 1 amide bonds. The van der Waals surface area contributed by atoms with E-state index in [9.17, 15) is 4.79 Å². The number of nitrogens with one attached hydrogen (secondary N) is 1.